The second-order valence-corrected chi connectivity index (χ2v) is 6.66. The first kappa shape index (κ1) is 17.3. The highest BCUT2D eigenvalue weighted by Gasteiger charge is 2.19. The summed E-state index contributed by atoms with van der Waals surface area (Å²) >= 11 is 1.70. The van der Waals surface area contributed by atoms with Crippen molar-refractivity contribution in [3.8, 4) is 0 Å². The van der Waals surface area contributed by atoms with Gasteiger partial charge >= 0.3 is 5.82 Å². The average molecular weight is 357 g/mol. The number of imidazole rings is 1. The molecule has 2 heterocycles. The predicted molar refractivity (Wildman–Crippen MR) is 96.8 cm³/mol. The average Bonchev–Trinajstić information content (AvgIpc) is 3.25. The molecular weight excluding hydrogens is 338 g/mol. The van der Waals surface area contributed by atoms with Gasteiger partial charge in [0.05, 0.1) is 12.7 Å². The maximum Gasteiger partial charge on any atom is 0.342 e. The Labute approximate surface area is 149 Å². The smallest absolute Gasteiger partial charge is 0.342 e. The summed E-state index contributed by atoms with van der Waals surface area (Å²) in [7, 11) is 0. The molecule has 0 aliphatic heterocycles. The highest BCUT2D eigenvalue weighted by molar-refractivity contribution is 7.09. The molecule has 25 heavy (non-hydrogen) atoms. The zero-order chi connectivity index (χ0) is 17.6. The van der Waals surface area contributed by atoms with Gasteiger partial charge in [0.1, 0.15) is 12.7 Å². The van der Waals surface area contributed by atoms with Crippen molar-refractivity contribution in [2.45, 2.75) is 26.0 Å². The van der Waals surface area contributed by atoms with E-state index in [0.717, 1.165) is 12.0 Å². The van der Waals surface area contributed by atoms with Gasteiger partial charge in [-0.3, -0.25) is 0 Å². The molecule has 3 aromatic rings. The van der Waals surface area contributed by atoms with Crippen LogP contribution in [0.4, 0.5) is 5.82 Å². The van der Waals surface area contributed by atoms with E-state index in [9.17, 15) is 10.1 Å². The van der Waals surface area contributed by atoms with Gasteiger partial charge in [0.2, 0.25) is 0 Å². The third-order valence-electron chi connectivity index (χ3n) is 3.99. The normalized spacial score (nSPS) is 12.2. The third-order valence-corrected chi connectivity index (χ3v) is 4.89. The fraction of sp³-hybridized carbons (Fsp3) is 0.278. The summed E-state index contributed by atoms with van der Waals surface area (Å²) in [4.78, 5) is 15.9. The number of aromatic nitrogens is 2. The van der Waals surface area contributed by atoms with E-state index >= 15 is 0 Å². The summed E-state index contributed by atoms with van der Waals surface area (Å²) in [5, 5.41) is 13.1. The molecule has 0 N–H and O–H groups in total. The standard InChI is InChI=1S/C18H19N3O3S/c1-14-19-13-18(21(22)23)20(14)9-10-24-17(12-16-8-5-11-25-16)15-6-3-2-4-7-15/h2-8,11,13,17H,9-10,12H2,1H3. The number of hydrogen-bond acceptors (Lipinski definition) is 5. The van der Waals surface area contributed by atoms with Gasteiger partial charge in [-0.25, -0.2) is 9.55 Å². The first-order valence-corrected chi connectivity index (χ1v) is 8.88. The van der Waals surface area contributed by atoms with E-state index in [1.807, 2.05) is 36.4 Å². The molecule has 1 aromatic carbocycles. The van der Waals surface area contributed by atoms with Crippen molar-refractivity contribution in [2.24, 2.45) is 0 Å². The molecule has 0 aliphatic rings. The molecule has 0 bridgehead atoms. The van der Waals surface area contributed by atoms with Gasteiger partial charge < -0.3 is 14.9 Å². The first-order valence-electron chi connectivity index (χ1n) is 8.00. The number of thiophene rings is 1. The van der Waals surface area contributed by atoms with Crippen LogP contribution in [-0.2, 0) is 17.7 Å². The molecule has 2 aromatic heterocycles. The molecule has 0 saturated carbocycles. The van der Waals surface area contributed by atoms with Crippen molar-refractivity contribution in [1.29, 1.82) is 0 Å². The van der Waals surface area contributed by atoms with Crippen LogP contribution in [0.25, 0.3) is 0 Å². The van der Waals surface area contributed by atoms with Gasteiger partial charge in [0, 0.05) is 18.2 Å². The van der Waals surface area contributed by atoms with Gasteiger partial charge in [-0.1, -0.05) is 36.4 Å². The Morgan fingerprint density at radius 3 is 2.76 bits per heavy atom. The molecule has 0 amide bonds. The molecule has 3 rings (SSSR count). The lowest BCUT2D eigenvalue weighted by Crippen LogP contribution is -2.14. The lowest BCUT2D eigenvalue weighted by Gasteiger charge is -2.17. The molecule has 7 heteroatoms. The molecule has 130 valence electrons. The van der Waals surface area contributed by atoms with E-state index in [1.54, 1.807) is 22.8 Å². The Morgan fingerprint density at radius 2 is 2.08 bits per heavy atom. The van der Waals surface area contributed by atoms with Crippen LogP contribution >= 0.6 is 11.3 Å². The van der Waals surface area contributed by atoms with E-state index in [2.05, 4.69) is 16.4 Å². The van der Waals surface area contributed by atoms with E-state index < -0.39 is 4.92 Å². The molecule has 1 atom stereocenters. The number of hydrogen-bond donors (Lipinski definition) is 0. The quantitative estimate of drug-likeness (QED) is 0.448. The lowest BCUT2D eigenvalue weighted by molar-refractivity contribution is -0.392. The van der Waals surface area contributed by atoms with Crippen LogP contribution in [0, 0.1) is 17.0 Å². The number of ether oxygens (including phenoxy) is 1. The summed E-state index contributed by atoms with van der Waals surface area (Å²) in [6.45, 7) is 2.53. The van der Waals surface area contributed by atoms with Crippen LogP contribution in [0.15, 0.2) is 54.0 Å². The number of nitrogens with zero attached hydrogens (tertiary/aromatic N) is 3. The van der Waals surface area contributed by atoms with Crippen molar-refractivity contribution >= 4 is 17.2 Å². The van der Waals surface area contributed by atoms with E-state index in [0.29, 0.717) is 19.0 Å². The number of benzene rings is 1. The van der Waals surface area contributed by atoms with Crippen LogP contribution in [0.2, 0.25) is 0 Å². The molecule has 0 radical (unpaired) electrons. The topological polar surface area (TPSA) is 70.2 Å². The minimum absolute atomic E-state index is 0.00406. The third kappa shape index (κ3) is 4.32. The number of aryl methyl sites for hydroxylation is 1. The van der Waals surface area contributed by atoms with Gasteiger partial charge in [0.15, 0.2) is 5.82 Å². The van der Waals surface area contributed by atoms with Crippen LogP contribution < -0.4 is 0 Å². The fourth-order valence-corrected chi connectivity index (χ4v) is 3.45. The van der Waals surface area contributed by atoms with Crippen LogP contribution in [0.3, 0.4) is 0 Å². The molecule has 0 fully saturated rings. The molecule has 6 nitrogen and oxygen atoms in total. The molecular formula is C18H19N3O3S. The second-order valence-electron chi connectivity index (χ2n) is 5.63. The van der Waals surface area contributed by atoms with Crippen molar-refractivity contribution in [3.63, 3.8) is 0 Å². The van der Waals surface area contributed by atoms with Gasteiger partial charge in [-0.05, 0) is 21.9 Å². The minimum atomic E-state index is -0.416. The van der Waals surface area contributed by atoms with Crippen LogP contribution in [-0.4, -0.2) is 21.1 Å². The van der Waals surface area contributed by atoms with Gasteiger partial charge in [0.25, 0.3) is 0 Å². The van der Waals surface area contributed by atoms with E-state index in [-0.39, 0.29) is 11.9 Å². The Balaban J connectivity index is 1.69. The minimum Gasteiger partial charge on any atom is -0.369 e. The zero-order valence-corrected chi connectivity index (χ0v) is 14.7. The summed E-state index contributed by atoms with van der Waals surface area (Å²) < 4.78 is 7.68. The predicted octanol–water partition coefficient (Wildman–Crippen LogP) is 4.16. The summed E-state index contributed by atoms with van der Waals surface area (Å²) in [5.74, 6) is 0.612. The zero-order valence-electron chi connectivity index (χ0n) is 13.9. The van der Waals surface area contributed by atoms with Crippen molar-refractivity contribution < 1.29 is 9.66 Å². The SMILES string of the molecule is Cc1ncc([N+](=O)[O-])n1CCOC(Cc1cccs1)c1ccccc1. The van der Waals surface area contributed by atoms with Crippen molar-refractivity contribution in [2.75, 3.05) is 6.61 Å². The Morgan fingerprint density at radius 1 is 1.28 bits per heavy atom. The van der Waals surface area contributed by atoms with Gasteiger partial charge in [-0.15, -0.1) is 11.3 Å². The molecule has 0 aliphatic carbocycles. The Hall–Kier alpha value is -2.51. The van der Waals surface area contributed by atoms with Gasteiger partial charge in [-0.2, -0.15) is 0 Å². The van der Waals surface area contributed by atoms with E-state index in [1.165, 1.54) is 11.1 Å². The Kier molecular flexibility index (Phi) is 5.57. The lowest BCUT2D eigenvalue weighted by atomic mass is 10.1. The molecule has 1 unspecified atom stereocenters. The summed E-state index contributed by atoms with van der Waals surface area (Å²) in [6.07, 6.45) is 1.99. The first-order chi connectivity index (χ1) is 12.1. The number of nitro groups is 1. The van der Waals surface area contributed by atoms with Crippen molar-refractivity contribution in [3.05, 3.63) is 80.4 Å². The Bertz CT molecular complexity index is 815. The fourth-order valence-electron chi connectivity index (χ4n) is 2.72. The highest BCUT2D eigenvalue weighted by atomic mass is 32.1. The summed E-state index contributed by atoms with van der Waals surface area (Å²) in [5.41, 5.74) is 1.10. The number of rotatable bonds is 8. The maximum atomic E-state index is 11.1. The molecule has 0 spiro atoms. The van der Waals surface area contributed by atoms with E-state index in [4.69, 9.17) is 4.74 Å². The summed E-state index contributed by atoms with van der Waals surface area (Å²) in [6, 6.07) is 14.2. The van der Waals surface area contributed by atoms with Crippen LogP contribution in [0.5, 0.6) is 0 Å². The highest BCUT2D eigenvalue weighted by Crippen LogP contribution is 2.25. The largest absolute Gasteiger partial charge is 0.369 e. The molecule has 0 saturated heterocycles. The maximum absolute atomic E-state index is 11.1. The van der Waals surface area contributed by atoms with Crippen LogP contribution in [0.1, 0.15) is 22.4 Å². The monoisotopic (exact) mass is 357 g/mol. The second kappa shape index (κ2) is 8.04. The van der Waals surface area contributed by atoms with Crippen molar-refractivity contribution in [1.82, 2.24) is 9.55 Å².